The average molecular weight is 785 g/mol. The summed E-state index contributed by atoms with van der Waals surface area (Å²) in [5.41, 5.74) is 0.379. The standard InChI is InChI=1S/C42H68N6O6S/c1-12-28(4)36(47(9)40(51)35(27(2)3)46-41(52)42(6,7)26-43-8)33(53-10)25-34(49)48-22-17-16-20-32(48)37(54-11)29(5)38(50)45-31(39-44-21-23-55-39)24-30-18-14-13-15-19-30/h13-15,18-19,21,23,27-29,31-33,35-37,43H,12,16-17,20,22,24-26H2,1-11H3,(H,45,50)(H,46,52)/t28-,29+,31-,32-,33+,35-,36-,37+/m0/s1. The van der Waals surface area contributed by atoms with Gasteiger partial charge in [0, 0.05) is 45.9 Å². The monoisotopic (exact) mass is 784 g/mol. The number of nitrogens with zero attached hydrogens (tertiary/aromatic N) is 3. The molecule has 1 saturated heterocycles. The quantitative estimate of drug-likeness (QED) is 0.156. The maximum absolute atomic E-state index is 14.4. The minimum absolute atomic E-state index is 0.00907. The van der Waals surface area contributed by atoms with E-state index in [0.29, 0.717) is 25.9 Å². The molecule has 1 fully saturated rings. The van der Waals surface area contributed by atoms with E-state index < -0.39 is 35.6 Å². The predicted molar refractivity (Wildman–Crippen MR) is 218 cm³/mol. The molecule has 13 heteroatoms. The van der Waals surface area contributed by atoms with Crippen molar-refractivity contribution in [1.82, 2.24) is 30.7 Å². The highest BCUT2D eigenvalue weighted by atomic mass is 32.1. The van der Waals surface area contributed by atoms with E-state index in [2.05, 4.69) is 34.8 Å². The van der Waals surface area contributed by atoms with Crippen LogP contribution in [0.2, 0.25) is 0 Å². The first-order valence-electron chi connectivity index (χ1n) is 19.9. The molecule has 1 aromatic heterocycles. The molecule has 0 aliphatic carbocycles. The number of piperidine rings is 1. The summed E-state index contributed by atoms with van der Waals surface area (Å²) in [5, 5.41) is 12.1. The van der Waals surface area contributed by atoms with E-state index in [1.165, 1.54) is 11.3 Å². The van der Waals surface area contributed by atoms with Crippen LogP contribution >= 0.6 is 11.3 Å². The van der Waals surface area contributed by atoms with Gasteiger partial charge in [0.05, 0.1) is 48.1 Å². The van der Waals surface area contributed by atoms with Crippen molar-refractivity contribution in [3.8, 4) is 0 Å². The average Bonchev–Trinajstić information content (AvgIpc) is 3.71. The first-order valence-corrected chi connectivity index (χ1v) is 20.8. The Labute approximate surface area is 333 Å². The summed E-state index contributed by atoms with van der Waals surface area (Å²) >= 11 is 1.51. The maximum atomic E-state index is 14.4. The van der Waals surface area contributed by atoms with Gasteiger partial charge in [-0.1, -0.05) is 71.4 Å². The second-order valence-corrected chi connectivity index (χ2v) is 17.1. The number of carbonyl (C=O) groups excluding carboxylic acids is 4. The van der Waals surface area contributed by atoms with Crippen LogP contribution in [0.4, 0.5) is 0 Å². The molecule has 8 atom stereocenters. The van der Waals surface area contributed by atoms with Crippen molar-refractivity contribution >= 4 is 35.0 Å². The molecule has 0 saturated carbocycles. The van der Waals surface area contributed by atoms with Gasteiger partial charge in [-0.3, -0.25) is 19.2 Å². The van der Waals surface area contributed by atoms with Crippen LogP contribution in [0, 0.1) is 23.2 Å². The Morgan fingerprint density at radius 1 is 1.04 bits per heavy atom. The topological polar surface area (TPSA) is 142 Å². The lowest BCUT2D eigenvalue weighted by atomic mass is 9.87. The fourth-order valence-electron chi connectivity index (χ4n) is 7.82. The zero-order valence-electron chi connectivity index (χ0n) is 35.1. The molecule has 1 aliphatic heterocycles. The molecular weight excluding hydrogens is 717 g/mol. The summed E-state index contributed by atoms with van der Waals surface area (Å²) in [6, 6.07) is 8.21. The van der Waals surface area contributed by atoms with Gasteiger partial charge < -0.3 is 35.2 Å². The van der Waals surface area contributed by atoms with Crippen LogP contribution in [0.3, 0.4) is 0 Å². The maximum Gasteiger partial charge on any atom is 0.245 e. The number of methoxy groups -OCH3 is 2. The molecule has 3 rings (SSSR count). The van der Waals surface area contributed by atoms with Crippen molar-refractivity contribution in [2.75, 3.05) is 41.4 Å². The van der Waals surface area contributed by atoms with Crippen molar-refractivity contribution in [1.29, 1.82) is 0 Å². The minimum atomic E-state index is -0.752. The van der Waals surface area contributed by atoms with Gasteiger partial charge in [-0.2, -0.15) is 0 Å². The van der Waals surface area contributed by atoms with Gasteiger partial charge in [0.2, 0.25) is 23.6 Å². The summed E-state index contributed by atoms with van der Waals surface area (Å²) < 4.78 is 12.2. The van der Waals surface area contributed by atoms with Crippen molar-refractivity contribution in [2.45, 2.75) is 123 Å². The molecule has 55 heavy (non-hydrogen) atoms. The van der Waals surface area contributed by atoms with Gasteiger partial charge in [0.25, 0.3) is 0 Å². The first kappa shape index (κ1) is 46.0. The van der Waals surface area contributed by atoms with Crippen LogP contribution in [0.25, 0.3) is 0 Å². The Hall–Kier alpha value is -3.39. The van der Waals surface area contributed by atoms with E-state index in [1.54, 1.807) is 39.4 Å². The number of benzene rings is 1. The third kappa shape index (κ3) is 12.3. The molecule has 0 unspecified atom stereocenters. The summed E-state index contributed by atoms with van der Waals surface area (Å²) in [5.74, 6) is -1.42. The van der Waals surface area contributed by atoms with Gasteiger partial charge >= 0.3 is 0 Å². The lowest BCUT2D eigenvalue weighted by Crippen LogP contribution is -2.59. The molecule has 0 bridgehead atoms. The summed E-state index contributed by atoms with van der Waals surface area (Å²) in [6.45, 7) is 14.5. The van der Waals surface area contributed by atoms with Crippen LogP contribution < -0.4 is 16.0 Å². The molecule has 12 nitrogen and oxygen atoms in total. The number of ether oxygens (including phenoxy) is 2. The molecule has 1 aromatic carbocycles. The number of thiazole rings is 1. The largest absolute Gasteiger partial charge is 0.379 e. The number of likely N-dealkylation sites (tertiary alicyclic amines) is 1. The van der Waals surface area contributed by atoms with E-state index in [1.807, 2.05) is 75.2 Å². The van der Waals surface area contributed by atoms with Gasteiger partial charge in [0.1, 0.15) is 11.0 Å². The van der Waals surface area contributed by atoms with E-state index in [4.69, 9.17) is 9.47 Å². The second-order valence-electron chi connectivity index (χ2n) is 16.2. The van der Waals surface area contributed by atoms with E-state index in [9.17, 15) is 19.2 Å². The Morgan fingerprint density at radius 3 is 2.29 bits per heavy atom. The number of likely N-dealkylation sites (N-methyl/N-ethyl adjacent to an activating group) is 1. The van der Waals surface area contributed by atoms with Crippen molar-refractivity contribution in [3.05, 3.63) is 52.5 Å². The summed E-state index contributed by atoms with van der Waals surface area (Å²) in [6.07, 6.45) is 4.44. The van der Waals surface area contributed by atoms with Crippen LogP contribution in [-0.4, -0.2) is 110 Å². The Balaban J connectivity index is 1.81. The van der Waals surface area contributed by atoms with Crippen LogP contribution in [0.15, 0.2) is 41.9 Å². The van der Waals surface area contributed by atoms with Crippen LogP contribution in [0.5, 0.6) is 0 Å². The number of amides is 4. The highest BCUT2D eigenvalue weighted by Gasteiger charge is 2.43. The van der Waals surface area contributed by atoms with Crippen molar-refractivity contribution in [3.63, 3.8) is 0 Å². The Bertz CT molecular complexity index is 1490. The van der Waals surface area contributed by atoms with Crippen LogP contribution in [0.1, 0.15) is 97.2 Å². The Kier molecular flexibility index (Phi) is 18.2. The van der Waals surface area contributed by atoms with E-state index in [0.717, 1.165) is 29.8 Å². The summed E-state index contributed by atoms with van der Waals surface area (Å²) in [7, 11) is 6.73. The smallest absolute Gasteiger partial charge is 0.245 e. The van der Waals surface area contributed by atoms with Crippen molar-refractivity contribution in [2.24, 2.45) is 23.2 Å². The SMILES string of the molecule is CC[C@H](C)[C@@H]([C@@H](CC(=O)N1CCCC[C@H]1[C@H](OC)[C@@H](C)C(=O)N[C@@H](Cc1ccccc1)c1nccs1)OC)N(C)C(=O)[C@@H](NC(=O)C(C)(C)CNC)C(C)C. The van der Waals surface area contributed by atoms with Gasteiger partial charge in [-0.15, -0.1) is 11.3 Å². The molecule has 0 spiro atoms. The normalized spacial score (nSPS) is 18.8. The fraction of sp³-hybridized carbons (Fsp3) is 0.690. The number of aromatic nitrogens is 1. The van der Waals surface area contributed by atoms with Crippen LogP contribution in [-0.2, 0) is 35.1 Å². The molecule has 0 radical (unpaired) electrons. The summed E-state index contributed by atoms with van der Waals surface area (Å²) in [4.78, 5) is 64.0. The highest BCUT2D eigenvalue weighted by molar-refractivity contribution is 7.09. The number of carbonyl (C=O) groups is 4. The van der Waals surface area contributed by atoms with E-state index >= 15 is 0 Å². The third-order valence-electron chi connectivity index (χ3n) is 11.3. The molecule has 1 aliphatic rings. The van der Waals surface area contributed by atoms with Gasteiger partial charge in [-0.25, -0.2) is 4.98 Å². The lowest BCUT2D eigenvalue weighted by molar-refractivity contribution is -0.151. The second kappa shape index (κ2) is 21.8. The molecule has 3 N–H and O–H groups in total. The molecule has 4 amide bonds. The number of rotatable bonds is 21. The third-order valence-corrected chi connectivity index (χ3v) is 12.2. The molecule has 2 aromatic rings. The number of hydrogen-bond acceptors (Lipinski definition) is 9. The van der Waals surface area contributed by atoms with Gasteiger partial charge in [-0.05, 0) is 64.0 Å². The first-order chi connectivity index (χ1) is 26.1. The van der Waals surface area contributed by atoms with Gasteiger partial charge in [0.15, 0.2) is 0 Å². The Morgan fingerprint density at radius 2 is 1.73 bits per heavy atom. The highest BCUT2D eigenvalue weighted by Crippen LogP contribution is 2.30. The predicted octanol–water partition coefficient (Wildman–Crippen LogP) is 5.24. The molecular formula is C42H68N6O6S. The minimum Gasteiger partial charge on any atom is -0.379 e. The fourth-order valence-corrected chi connectivity index (χ4v) is 8.51. The molecule has 2 heterocycles. The van der Waals surface area contributed by atoms with Crippen molar-refractivity contribution < 1.29 is 28.7 Å². The number of hydrogen-bond donors (Lipinski definition) is 3. The number of nitrogens with one attached hydrogen (secondary N) is 3. The lowest BCUT2D eigenvalue weighted by Gasteiger charge is -2.43. The zero-order chi connectivity index (χ0) is 40.9. The zero-order valence-corrected chi connectivity index (χ0v) is 35.9. The molecule has 308 valence electrons. The van der Waals surface area contributed by atoms with E-state index in [-0.39, 0.29) is 54.0 Å².